The number of hydrogen-bond acceptors (Lipinski definition) is 6. The molecule has 0 fully saturated rings. The Morgan fingerprint density at radius 3 is 2.71 bits per heavy atom. The highest BCUT2D eigenvalue weighted by Gasteiger charge is 2.20. The fourth-order valence-corrected chi connectivity index (χ4v) is 2.19. The van der Waals surface area contributed by atoms with Crippen molar-refractivity contribution in [2.45, 2.75) is 6.42 Å². The maximum atomic E-state index is 12.1. The molecule has 0 bridgehead atoms. The van der Waals surface area contributed by atoms with E-state index in [4.69, 9.17) is 19.6 Å². The molecule has 1 aliphatic rings. The number of nitrogens with zero attached hydrogens (tertiary/aromatic N) is 1. The van der Waals surface area contributed by atoms with Crippen molar-refractivity contribution in [2.24, 2.45) is 5.73 Å². The van der Waals surface area contributed by atoms with Gasteiger partial charge in [0.15, 0.2) is 29.3 Å². The SMILES string of the molecule is Cl.Cl.NCCCNC(=O)c1ncoc1-c1ccc2c(c1)OCCO2. The molecule has 0 saturated heterocycles. The Morgan fingerprint density at radius 2 is 1.96 bits per heavy atom. The first-order valence-electron chi connectivity index (χ1n) is 7.11. The molecule has 3 N–H and O–H groups in total. The molecule has 9 heteroatoms. The summed E-state index contributed by atoms with van der Waals surface area (Å²) in [7, 11) is 0. The van der Waals surface area contributed by atoms with Gasteiger partial charge in [-0.25, -0.2) is 4.98 Å². The molecule has 0 saturated carbocycles. The first-order chi connectivity index (χ1) is 10.8. The molecule has 132 valence electrons. The van der Waals surface area contributed by atoms with Gasteiger partial charge in [0.05, 0.1) is 0 Å². The van der Waals surface area contributed by atoms with Crippen LogP contribution in [0, 0.1) is 0 Å². The molecule has 24 heavy (non-hydrogen) atoms. The summed E-state index contributed by atoms with van der Waals surface area (Å²) in [6, 6.07) is 5.39. The average molecular weight is 376 g/mol. The minimum Gasteiger partial charge on any atom is -0.486 e. The van der Waals surface area contributed by atoms with Crippen molar-refractivity contribution >= 4 is 30.7 Å². The summed E-state index contributed by atoms with van der Waals surface area (Å²) in [5.74, 6) is 1.44. The third-order valence-corrected chi connectivity index (χ3v) is 3.25. The number of benzene rings is 1. The van der Waals surface area contributed by atoms with Crippen molar-refractivity contribution in [1.29, 1.82) is 0 Å². The highest BCUT2D eigenvalue weighted by molar-refractivity contribution is 5.97. The van der Waals surface area contributed by atoms with Crippen molar-refractivity contribution in [3.63, 3.8) is 0 Å². The zero-order chi connectivity index (χ0) is 15.4. The molecule has 0 spiro atoms. The summed E-state index contributed by atoms with van der Waals surface area (Å²) < 4.78 is 16.4. The molecule has 2 aromatic rings. The van der Waals surface area contributed by atoms with E-state index in [1.165, 1.54) is 6.39 Å². The van der Waals surface area contributed by atoms with Crippen LogP contribution in [0.1, 0.15) is 16.9 Å². The standard InChI is InChI=1S/C15H17N3O4.2ClH/c16-4-1-5-17-15(19)13-14(22-9-18-13)10-2-3-11-12(8-10)21-7-6-20-11;;/h2-3,8-9H,1,4-7,16H2,(H,17,19);2*1H. The number of aromatic nitrogens is 1. The molecule has 3 rings (SSSR count). The maximum Gasteiger partial charge on any atom is 0.273 e. The molecule has 1 aromatic heterocycles. The molecule has 0 unspecified atom stereocenters. The van der Waals surface area contributed by atoms with Gasteiger partial charge in [0.25, 0.3) is 5.91 Å². The summed E-state index contributed by atoms with van der Waals surface area (Å²) in [4.78, 5) is 16.1. The Labute approximate surface area is 151 Å². The molecule has 0 radical (unpaired) electrons. The van der Waals surface area contributed by atoms with Gasteiger partial charge in [0.1, 0.15) is 13.2 Å². The summed E-state index contributed by atoms with van der Waals surface area (Å²) in [6.45, 7) is 2.06. The van der Waals surface area contributed by atoms with Crippen LogP contribution in [0.25, 0.3) is 11.3 Å². The van der Waals surface area contributed by atoms with Crippen LogP contribution < -0.4 is 20.5 Å². The van der Waals surface area contributed by atoms with Crippen LogP contribution in [0.3, 0.4) is 0 Å². The third-order valence-electron chi connectivity index (χ3n) is 3.25. The molecule has 1 aromatic carbocycles. The number of halogens is 2. The van der Waals surface area contributed by atoms with Crippen LogP contribution in [0.15, 0.2) is 29.0 Å². The van der Waals surface area contributed by atoms with E-state index >= 15 is 0 Å². The highest BCUT2D eigenvalue weighted by Crippen LogP contribution is 2.35. The van der Waals surface area contributed by atoms with Crippen molar-refractivity contribution in [3.05, 3.63) is 30.3 Å². The fourth-order valence-electron chi connectivity index (χ4n) is 2.19. The minimum absolute atomic E-state index is 0. The lowest BCUT2D eigenvalue weighted by Gasteiger charge is -2.18. The topological polar surface area (TPSA) is 99.6 Å². The van der Waals surface area contributed by atoms with E-state index in [2.05, 4.69) is 10.3 Å². The van der Waals surface area contributed by atoms with E-state index in [1.807, 2.05) is 6.07 Å². The van der Waals surface area contributed by atoms with Crippen LogP contribution in [0.4, 0.5) is 0 Å². The Balaban J connectivity index is 0.00000144. The van der Waals surface area contributed by atoms with Gasteiger partial charge in [-0.2, -0.15) is 0 Å². The minimum atomic E-state index is -0.285. The Kier molecular flexibility index (Phi) is 7.84. The number of fused-ring (bicyclic) bond motifs is 1. The van der Waals surface area contributed by atoms with Crippen LogP contribution in [-0.2, 0) is 0 Å². The van der Waals surface area contributed by atoms with Gasteiger partial charge >= 0.3 is 0 Å². The quantitative estimate of drug-likeness (QED) is 0.775. The lowest BCUT2D eigenvalue weighted by molar-refractivity contribution is 0.0949. The van der Waals surface area contributed by atoms with Crippen LogP contribution in [0.5, 0.6) is 11.5 Å². The van der Waals surface area contributed by atoms with Crippen molar-refractivity contribution in [3.8, 4) is 22.8 Å². The van der Waals surface area contributed by atoms with Crippen molar-refractivity contribution in [2.75, 3.05) is 26.3 Å². The summed E-state index contributed by atoms with van der Waals surface area (Å²) >= 11 is 0. The number of oxazole rings is 1. The van der Waals surface area contributed by atoms with Gasteiger partial charge in [-0.05, 0) is 31.2 Å². The van der Waals surface area contributed by atoms with Gasteiger partial charge in [0, 0.05) is 12.1 Å². The van der Waals surface area contributed by atoms with Crippen molar-refractivity contribution in [1.82, 2.24) is 10.3 Å². The number of amides is 1. The van der Waals surface area contributed by atoms with E-state index in [0.717, 1.165) is 0 Å². The van der Waals surface area contributed by atoms with Gasteiger partial charge < -0.3 is 24.9 Å². The number of carbonyl (C=O) groups is 1. The van der Waals surface area contributed by atoms with E-state index in [-0.39, 0.29) is 36.4 Å². The summed E-state index contributed by atoms with van der Waals surface area (Å²) in [5.41, 5.74) is 6.37. The number of nitrogens with one attached hydrogen (secondary N) is 1. The Morgan fingerprint density at radius 1 is 1.21 bits per heavy atom. The predicted octanol–water partition coefficient (Wildman–Crippen LogP) is 2.03. The van der Waals surface area contributed by atoms with Gasteiger partial charge in [-0.15, -0.1) is 24.8 Å². The lowest BCUT2D eigenvalue weighted by atomic mass is 10.1. The lowest BCUT2D eigenvalue weighted by Crippen LogP contribution is -2.26. The predicted molar refractivity (Wildman–Crippen MR) is 93.4 cm³/mol. The molecule has 0 atom stereocenters. The number of hydrogen-bond donors (Lipinski definition) is 2. The summed E-state index contributed by atoms with van der Waals surface area (Å²) in [6.07, 6.45) is 1.97. The molecule has 0 aliphatic carbocycles. The zero-order valence-electron chi connectivity index (χ0n) is 12.8. The first-order valence-corrected chi connectivity index (χ1v) is 7.11. The van der Waals surface area contributed by atoms with Crippen molar-refractivity contribution < 1.29 is 18.7 Å². The maximum absolute atomic E-state index is 12.1. The highest BCUT2D eigenvalue weighted by atomic mass is 35.5. The molecule has 2 heterocycles. The van der Waals surface area contributed by atoms with Gasteiger partial charge in [-0.3, -0.25) is 4.79 Å². The third kappa shape index (κ3) is 4.31. The number of rotatable bonds is 5. The largest absolute Gasteiger partial charge is 0.486 e. The smallest absolute Gasteiger partial charge is 0.273 e. The van der Waals surface area contributed by atoms with E-state index in [1.54, 1.807) is 12.1 Å². The fraction of sp³-hybridized carbons (Fsp3) is 0.333. The second kappa shape index (κ2) is 9.36. The van der Waals surface area contributed by atoms with Crippen LogP contribution in [-0.4, -0.2) is 37.2 Å². The first kappa shape index (κ1) is 20.1. The molecular formula is C15H19Cl2N3O4. The molecule has 7 nitrogen and oxygen atoms in total. The van der Waals surface area contributed by atoms with E-state index < -0.39 is 0 Å². The summed E-state index contributed by atoms with van der Waals surface area (Å²) in [5, 5.41) is 2.76. The van der Waals surface area contributed by atoms with Crippen LogP contribution >= 0.6 is 24.8 Å². The molecule has 1 aliphatic heterocycles. The van der Waals surface area contributed by atoms with Gasteiger partial charge in [0.2, 0.25) is 0 Å². The monoisotopic (exact) mass is 375 g/mol. The Hall–Kier alpha value is -1.96. The van der Waals surface area contributed by atoms with Crippen LogP contribution in [0.2, 0.25) is 0 Å². The van der Waals surface area contributed by atoms with E-state index in [0.29, 0.717) is 55.5 Å². The normalized spacial score (nSPS) is 11.9. The van der Waals surface area contributed by atoms with Gasteiger partial charge in [-0.1, -0.05) is 0 Å². The average Bonchev–Trinajstić information content (AvgIpc) is 3.04. The molecule has 1 amide bonds. The second-order valence-electron chi connectivity index (χ2n) is 4.79. The second-order valence-corrected chi connectivity index (χ2v) is 4.79. The zero-order valence-corrected chi connectivity index (χ0v) is 14.5. The number of ether oxygens (including phenoxy) is 2. The molecular weight excluding hydrogens is 357 g/mol. The number of nitrogens with two attached hydrogens (primary N) is 1. The number of carbonyl (C=O) groups excluding carboxylic acids is 1. The Bertz CT molecular complexity index is 678. The van der Waals surface area contributed by atoms with E-state index in [9.17, 15) is 4.79 Å².